The van der Waals surface area contributed by atoms with Gasteiger partial charge in [0.05, 0.1) is 6.04 Å². The van der Waals surface area contributed by atoms with Gasteiger partial charge in [0, 0.05) is 38.2 Å². The Hall–Kier alpha value is -2.01. The first kappa shape index (κ1) is 21.3. The molecule has 2 aromatic rings. The summed E-state index contributed by atoms with van der Waals surface area (Å²) in [6.07, 6.45) is 6.70. The van der Waals surface area contributed by atoms with E-state index in [1.165, 1.54) is 18.5 Å². The van der Waals surface area contributed by atoms with Gasteiger partial charge in [-0.3, -0.25) is 14.5 Å². The van der Waals surface area contributed by atoms with E-state index < -0.39 is 10.0 Å². The molecule has 27 heavy (non-hydrogen) atoms. The second kappa shape index (κ2) is 9.79. The number of nitrogens with one attached hydrogen (secondary N) is 3. The van der Waals surface area contributed by atoms with E-state index in [9.17, 15) is 13.2 Å². The summed E-state index contributed by atoms with van der Waals surface area (Å²) in [5.41, 5.74) is 0.325. The summed E-state index contributed by atoms with van der Waals surface area (Å²) in [5.74, 6) is -0.326. The van der Waals surface area contributed by atoms with Gasteiger partial charge in [-0.15, -0.1) is 12.4 Å². The number of nitrogens with zero attached hydrogens (tertiary/aromatic N) is 3. The summed E-state index contributed by atoms with van der Waals surface area (Å²) in [6.45, 7) is 2.10. The average Bonchev–Trinajstić information content (AvgIpc) is 3.17. The lowest BCUT2D eigenvalue weighted by Gasteiger charge is -2.22. The molecule has 2 aromatic heterocycles. The number of halogens is 1. The molecule has 1 saturated heterocycles. The van der Waals surface area contributed by atoms with Gasteiger partial charge in [-0.2, -0.15) is 5.10 Å². The number of piperidine rings is 1. The number of carbonyl (C=O) groups excluding carboxylic acids is 1. The zero-order chi connectivity index (χ0) is 18.4. The quantitative estimate of drug-likeness (QED) is 0.562. The van der Waals surface area contributed by atoms with Crippen molar-refractivity contribution in [2.75, 3.05) is 26.2 Å². The maximum absolute atomic E-state index is 12.1. The van der Waals surface area contributed by atoms with Crippen molar-refractivity contribution in [3.8, 4) is 0 Å². The molecule has 1 amide bonds. The zero-order valence-corrected chi connectivity index (χ0v) is 16.3. The fourth-order valence-electron chi connectivity index (χ4n) is 2.76. The summed E-state index contributed by atoms with van der Waals surface area (Å²) in [5, 5.41) is 10.3. The monoisotopic (exact) mass is 414 g/mol. The van der Waals surface area contributed by atoms with E-state index in [0.29, 0.717) is 5.69 Å². The van der Waals surface area contributed by atoms with Crippen LogP contribution in [-0.4, -0.2) is 55.3 Å². The van der Waals surface area contributed by atoms with Crippen LogP contribution in [-0.2, 0) is 10.0 Å². The fraction of sp³-hybridized carbons (Fsp3) is 0.438. The first-order chi connectivity index (χ1) is 12.6. The Labute approximate surface area is 164 Å². The van der Waals surface area contributed by atoms with Gasteiger partial charge in [0.2, 0.25) is 10.0 Å². The van der Waals surface area contributed by atoms with Crippen LogP contribution in [0.5, 0.6) is 0 Å². The maximum atomic E-state index is 12.1. The third-order valence-electron chi connectivity index (χ3n) is 4.13. The van der Waals surface area contributed by atoms with E-state index in [-0.39, 0.29) is 42.3 Å². The van der Waals surface area contributed by atoms with E-state index >= 15 is 0 Å². The van der Waals surface area contributed by atoms with E-state index in [1.807, 2.05) is 4.68 Å². The second-order valence-electron chi connectivity index (χ2n) is 6.02. The molecular weight excluding hydrogens is 392 g/mol. The highest BCUT2D eigenvalue weighted by Crippen LogP contribution is 2.15. The van der Waals surface area contributed by atoms with E-state index in [4.69, 9.17) is 0 Å². The molecule has 1 atom stereocenters. The molecule has 1 aliphatic rings. The number of rotatable bonds is 7. The lowest BCUT2D eigenvalue weighted by molar-refractivity contribution is 0.0948. The summed E-state index contributed by atoms with van der Waals surface area (Å²) in [6, 6.07) is 4.94. The van der Waals surface area contributed by atoms with Gasteiger partial charge >= 0.3 is 0 Å². The second-order valence-corrected chi connectivity index (χ2v) is 7.79. The molecule has 9 nitrogen and oxygen atoms in total. The Morgan fingerprint density at radius 2 is 2.19 bits per heavy atom. The van der Waals surface area contributed by atoms with Crippen LogP contribution in [0.4, 0.5) is 0 Å². The predicted molar refractivity (Wildman–Crippen MR) is 102 cm³/mol. The fourth-order valence-corrected chi connectivity index (χ4v) is 3.76. The molecular formula is C16H23ClN6O3S. The Morgan fingerprint density at radius 3 is 2.89 bits per heavy atom. The summed E-state index contributed by atoms with van der Waals surface area (Å²) in [4.78, 5) is 16.0. The van der Waals surface area contributed by atoms with Gasteiger partial charge < -0.3 is 10.6 Å². The predicted octanol–water partition coefficient (Wildman–Crippen LogP) is 0.333. The highest BCUT2D eigenvalue weighted by Gasteiger charge is 2.18. The first-order valence-electron chi connectivity index (χ1n) is 8.50. The van der Waals surface area contributed by atoms with Gasteiger partial charge in [-0.25, -0.2) is 13.1 Å². The number of pyridine rings is 1. The number of aromatic nitrogens is 3. The van der Waals surface area contributed by atoms with Crippen molar-refractivity contribution in [1.82, 2.24) is 30.1 Å². The number of carbonyl (C=O) groups is 1. The van der Waals surface area contributed by atoms with Crippen molar-refractivity contribution in [1.29, 1.82) is 0 Å². The zero-order valence-electron chi connectivity index (χ0n) is 14.7. The Balaban J connectivity index is 0.00000261. The molecule has 11 heteroatoms. The SMILES string of the molecule is Cl.O=C(NCCNS(=O)(=O)c1cccnc1)c1ccn(C2CCCNC2)n1. The topological polar surface area (TPSA) is 118 Å². The van der Waals surface area contributed by atoms with Crippen molar-refractivity contribution >= 4 is 28.3 Å². The number of sulfonamides is 1. The molecule has 3 rings (SSSR count). The first-order valence-corrected chi connectivity index (χ1v) is 9.98. The van der Waals surface area contributed by atoms with E-state index in [0.717, 1.165) is 25.9 Å². The van der Waals surface area contributed by atoms with E-state index in [1.54, 1.807) is 18.3 Å². The standard InChI is InChI=1S/C16H22N6O3S.ClH/c23-16(15-5-10-22(21-15)13-3-1-6-17-11-13)19-8-9-20-26(24,25)14-4-2-7-18-12-14;/h2,4-5,7,10,12-13,17,20H,1,3,6,8-9,11H2,(H,19,23);1H. The van der Waals surface area contributed by atoms with Crippen LogP contribution in [0.1, 0.15) is 29.4 Å². The number of hydrogen-bond acceptors (Lipinski definition) is 6. The highest BCUT2D eigenvalue weighted by molar-refractivity contribution is 7.89. The minimum absolute atomic E-state index is 0. The normalized spacial score (nSPS) is 17.1. The smallest absolute Gasteiger partial charge is 0.271 e. The van der Waals surface area contributed by atoms with Crippen molar-refractivity contribution in [2.45, 2.75) is 23.8 Å². The molecule has 0 bridgehead atoms. The van der Waals surface area contributed by atoms with Gasteiger partial charge in [-0.1, -0.05) is 0 Å². The van der Waals surface area contributed by atoms with Gasteiger partial charge in [-0.05, 0) is 37.6 Å². The van der Waals surface area contributed by atoms with Crippen LogP contribution >= 0.6 is 12.4 Å². The minimum atomic E-state index is -3.62. The lowest BCUT2D eigenvalue weighted by Crippen LogP contribution is -2.35. The van der Waals surface area contributed by atoms with Crippen molar-refractivity contribution in [3.05, 3.63) is 42.5 Å². The van der Waals surface area contributed by atoms with Crippen molar-refractivity contribution in [3.63, 3.8) is 0 Å². The molecule has 148 valence electrons. The lowest BCUT2D eigenvalue weighted by atomic mass is 10.1. The van der Waals surface area contributed by atoms with Gasteiger partial charge in [0.25, 0.3) is 5.91 Å². The molecule has 3 heterocycles. The minimum Gasteiger partial charge on any atom is -0.349 e. The molecule has 0 aliphatic carbocycles. The van der Waals surface area contributed by atoms with E-state index in [2.05, 4.69) is 25.4 Å². The van der Waals surface area contributed by atoms with Gasteiger partial charge in [0.15, 0.2) is 0 Å². The molecule has 1 fully saturated rings. The Bertz CT molecular complexity index is 837. The third kappa shape index (κ3) is 5.73. The molecule has 0 aromatic carbocycles. The summed E-state index contributed by atoms with van der Waals surface area (Å²) >= 11 is 0. The third-order valence-corrected chi connectivity index (χ3v) is 5.58. The number of hydrogen-bond donors (Lipinski definition) is 3. The van der Waals surface area contributed by atoms with Crippen molar-refractivity contribution in [2.24, 2.45) is 0 Å². The molecule has 0 spiro atoms. The highest BCUT2D eigenvalue weighted by atomic mass is 35.5. The maximum Gasteiger partial charge on any atom is 0.271 e. The van der Waals surface area contributed by atoms with Crippen molar-refractivity contribution < 1.29 is 13.2 Å². The van der Waals surface area contributed by atoms with Crippen LogP contribution in [0.3, 0.4) is 0 Å². The molecule has 1 aliphatic heterocycles. The molecule has 3 N–H and O–H groups in total. The van der Waals surface area contributed by atoms with Crippen LogP contribution in [0.25, 0.3) is 0 Å². The van der Waals surface area contributed by atoms with Crippen LogP contribution in [0.15, 0.2) is 41.7 Å². The average molecular weight is 415 g/mol. The Morgan fingerprint density at radius 1 is 1.33 bits per heavy atom. The summed E-state index contributed by atoms with van der Waals surface area (Å²) in [7, 11) is -3.62. The number of amides is 1. The van der Waals surface area contributed by atoms with Crippen LogP contribution in [0.2, 0.25) is 0 Å². The molecule has 0 saturated carbocycles. The Kier molecular flexibility index (Phi) is 7.72. The van der Waals surface area contributed by atoms with Crippen LogP contribution < -0.4 is 15.4 Å². The van der Waals surface area contributed by atoms with Gasteiger partial charge in [0.1, 0.15) is 10.6 Å². The summed E-state index contributed by atoms with van der Waals surface area (Å²) < 4.78 is 28.3. The molecule has 0 radical (unpaired) electrons. The van der Waals surface area contributed by atoms with Crippen LogP contribution in [0, 0.1) is 0 Å². The molecule has 1 unspecified atom stereocenters. The largest absolute Gasteiger partial charge is 0.349 e.